The first-order valence-corrected chi connectivity index (χ1v) is 4.97. The van der Waals surface area contributed by atoms with Gasteiger partial charge in [-0.3, -0.25) is 0 Å². The van der Waals surface area contributed by atoms with E-state index in [0.29, 0.717) is 6.54 Å². The molecule has 2 heteroatoms. The number of fused-ring (bicyclic) bond motifs is 1. The van der Waals surface area contributed by atoms with Gasteiger partial charge in [-0.05, 0) is 36.6 Å². The molecule has 0 aliphatic rings. The maximum absolute atomic E-state index is 5.62. The Morgan fingerprint density at radius 1 is 1.36 bits per heavy atom. The predicted molar refractivity (Wildman–Crippen MR) is 58.2 cm³/mol. The summed E-state index contributed by atoms with van der Waals surface area (Å²) in [7, 11) is 0. The zero-order valence-electron chi connectivity index (χ0n) is 8.63. The summed E-state index contributed by atoms with van der Waals surface area (Å²) >= 11 is 0. The molecule has 0 saturated carbocycles. The Hall–Kier alpha value is -1.28. The Labute approximate surface area is 83.7 Å². The van der Waals surface area contributed by atoms with E-state index in [2.05, 4.69) is 26.0 Å². The van der Waals surface area contributed by atoms with Gasteiger partial charge in [-0.2, -0.15) is 0 Å². The second-order valence-corrected chi connectivity index (χ2v) is 3.54. The van der Waals surface area contributed by atoms with Crippen LogP contribution in [0, 0.1) is 6.92 Å². The van der Waals surface area contributed by atoms with Crippen LogP contribution < -0.4 is 5.73 Å². The van der Waals surface area contributed by atoms with Crippen LogP contribution >= 0.6 is 0 Å². The second-order valence-electron chi connectivity index (χ2n) is 3.54. The maximum atomic E-state index is 5.62. The van der Waals surface area contributed by atoms with Crippen molar-refractivity contribution >= 4 is 11.0 Å². The number of nitrogens with two attached hydrogens (primary N) is 1. The molecule has 0 spiro atoms. The van der Waals surface area contributed by atoms with Gasteiger partial charge in [0, 0.05) is 5.39 Å². The molecule has 1 heterocycles. The predicted octanol–water partition coefficient (Wildman–Crippen LogP) is 2.76. The summed E-state index contributed by atoms with van der Waals surface area (Å²) in [6.45, 7) is 4.69. The molecule has 74 valence electrons. The average Bonchev–Trinajstić information content (AvgIpc) is 2.55. The van der Waals surface area contributed by atoms with Crippen LogP contribution in [-0.4, -0.2) is 0 Å². The molecular formula is C12H15NO. The molecule has 0 aliphatic heterocycles. The molecule has 2 nitrogen and oxygen atoms in total. The van der Waals surface area contributed by atoms with Crippen molar-refractivity contribution in [1.82, 2.24) is 0 Å². The van der Waals surface area contributed by atoms with E-state index in [9.17, 15) is 0 Å². The van der Waals surface area contributed by atoms with Gasteiger partial charge in [-0.25, -0.2) is 0 Å². The van der Waals surface area contributed by atoms with Gasteiger partial charge in [-0.1, -0.05) is 13.0 Å². The molecule has 0 radical (unpaired) electrons. The molecule has 0 atom stereocenters. The van der Waals surface area contributed by atoms with E-state index in [4.69, 9.17) is 10.2 Å². The topological polar surface area (TPSA) is 39.2 Å². The normalized spacial score (nSPS) is 11.1. The molecule has 0 saturated heterocycles. The van der Waals surface area contributed by atoms with Gasteiger partial charge in [-0.15, -0.1) is 0 Å². The van der Waals surface area contributed by atoms with Crippen LogP contribution in [0.3, 0.4) is 0 Å². The summed E-state index contributed by atoms with van der Waals surface area (Å²) < 4.78 is 5.62. The molecule has 1 aromatic carbocycles. The Kier molecular flexibility index (Phi) is 2.30. The van der Waals surface area contributed by atoms with E-state index in [1.165, 1.54) is 16.5 Å². The Balaban J connectivity index is 2.68. The lowest BCUT2D eigenvalue weighted by atomic mass is 10.1. The van der Waals surface area contributed by atoms with Crippen LogP contribution in [0.15, 0.2) is 22.6 Å². The quantitative estimate of drug-likeness (QED) is 0.789. The van der Waals surface area contributed by atoms with Crippen LogP contribution in [0.1, 0.15) is 23.8 Å². The standard InChI is InChI=1S/C12H15NO/c1-3-9-4-5-11-10(6-9)8(2)12(7-13)14-11/h4-6H,3,7,13H2,1-2H3. The van der Waals surface area contributed by atoms with Gasteiger partial charge >= 0.3 is 0 Å². The molecule has 0 bridgehead atoms. The molecule has 2 rings (SSSR count). The minimum Gasteiger partial charge on any atom is -0.459 e. The van der Waals surface area contributed by atoms with Gasteiger partial charge < -0.3 is 10.2 Å². The van der Waals surface area contributed by atoms with Crippen LogP contribution in [0.4, 0.5) is 0 Å². The number of aryl methyl sites for hydroxylation is 2. The third kappa shape index (κ3) is 1.32. The minimum absolute atomic E-state index is 0.474. The smallest absolute Gasteiger partial charge is 0.134 e. The van der Waals surface area contributed by atoms with Crippen LogP contribution in [0.5, 0.6) is 0 Å². The van der Waals surface area contributed by atoms with Crippen molar-refractivity contribution in [3.63, 3.8) is 0 Å². The highest BCUT2D eigenvalue weighted by Gasteiger charge is 2.08. The van der Waals surface area contributed by atoms with Crippen molar-refractivity contribution in [3.05, 3.63) is 35.1 Å². The van der Waals surface area contributed by atoms with Gasteiger partial charge in [0.1, 0.15) is 11.3 Å². The number of rotatable bonds is 2. The molecular weight excluding hydrogens is 174 g/mol. The van der Waals surface area contributed by atoms with Crippen LogP contribution in [0.25, 0.3) is 11.0 Å². The first kappa shape index (κ1) is 9.28. The van der Waals surface area contributed by atoms with Gasteiger partial charge in [0.05, 0.1) is 6.54 Å². The molecule has 14 heavy (non-hydrogen) atoms. The first-order chi connectivity index (χ1) is 6.76. The van der Waals surface area contributed by atoms with Crippen LogP contribution in [0.2, 0.25) is 0 Å². The molecule has 0 fully saturated rings. The molecule has 0 aliphatic carbocycles. The van der Waals surface area contributed by atoms with Gasteiger partial charge in [0.2, 0.25) is 0 Å². The first-order valence-electron chi connectivity index (χ1n) is 4.97. The lowest BCUT2D eigenvalue weighted by molar-refractivity contribution is 0.548. The van der Waals surface area contributed by atoms with Crippen molar-refractivity contribution < 1.29 is 4.42 Å². The van der Waals surface area contributed by atoms with Gasteiger partial charge in [0.15, 0.2) is 0 Å². The summed E-state index contributed by atoms with van der Waals surface area (Å²) in [5, 5.41) is 1.20. The minimum atomic E-state index is 0.474. The molecule has 0 unspecified atom stereocenters. The molecule has 1 aromatic heterocycles. The van der Waals surface area contributed by atoms with E-state index in [1.807, 2.05) is 6.07 Å². The fourth-order valence-corrected chi connectivity index (χ4v) is 1.73. The largest absolute Gasteiger partial charge is 0.459 e. The number of hydrogen-bond donors (Lipinski definition) is 1. The summed E-state index contributed by atoms with van der Waals surface area (Å²) in [4.78, 5) is 0. The van der Waals surface area contributed by atoms with Crippen molar-refractivity contribution in [1.29, 1.82) is 0 Å². The SMILES string of the molecule is CCc1ccc2oc(CN)c(C)c2c1. The number of furan rings is 1. The number of benzene rings is 1. The van der Waals surface area contributed by atoms with Crippen molar-refractivity contribution in [2.45, 2.75) is 26.8 Å². The Morgan fingerprint density at radius 3 is 2.79 bits per heavy atom. The van der Waals surface area contributed by atoms with Crippen molar-refractivity contribution in [2.75, 3.05) is 0 Å². The summed E-state index contributed by atoms with van der Waals surface area (Å²) in [6, 6.07) is 6.32. The molecule has 2 aromatic rings. The van der Waals surface area contributed by atoms with Crippen LogP contribution in [-0.2, 0) is 13.0 Å². The van der Waals surface area contributed by atoms with Crippen molar-refractivity contribution in [3.8, 4) is 0 Å². The third-order valence-electron chi connectivity index (χ3n) is 2.69. The lowest BCUT2D eigenvalue weighted by Gasteiger charge is -1.95. The maximum Gasteiger partial charge on any atom is 0.134 e. The number of hydrogen-bond acceptors (Lipinski definition) is 2. The van der Waals surface area contributed by atoms with E-state index in [1.54, 1.807) is 0 Å². The fraction of sp³-hybridized carbons (Fsp3) is 0.333. The fourth-order valence-electron chi connectivity index (χ4n) is 1.73. The highest BCUT2D eigenvalue weighted by molar-refractivity contribution is 5.82. The summed E-state index contributed by atoms with van der Waals surface area (Å²) in [6.07, 6.45) is 1.05. The highest BCUT2D eigenvalue weighted by atomic mass is 16.3. The second kappa shape index (κ2) is 3.46. The zero-order valence-corrected chi connectivity index (χ0v) is 8.63. The van der Waals surface area contributed by atoms with Gasteiger partial charge in [0.25, 0.3) is 0 Å². The third-order valence-corrected chi connectivity index (χ3v) is 2.69. The summed E-state index contributed by atoms with van der Waals surface area (Å²) in [5.74, 6) is 0.897. The Bertz CT molecular complexity index is 457. The van der Waals surface area contributed by atoms with E-state index in [0.717, 1.165) is 17.8 Å². The molecule has 0 amide bonds. The average molecular weight is 189 g/mol. The highest BCUT2D eigenvalue weighted by Crippen LogP contribution is 2.25. The monoisotopic (exact) mass is 189 g/mol. The lowest BCUT2D eigenvalue weighted by Crippen LogP contribution is -1.95. The van der Waals surface area contributed by atoms with E-state index in [-0.39, 0.29) is 0 Å². The van der Waals surface area contributed by atoms with E-state index >= 15 is 0 Å². The van der Waals surface area contributed by atoms with E-state index < -0.39 is 0 Å². The molecule has 2 N–H and O–H groups in total. The van der Waals surface area contributed by atoms with Crippen molar-refractivity contribution in [2.24, 2.45) is 5.73 Å². The summed E-state index contributed by atoms with van der Waals surface area (Å²) in [5.41, 5.74) is 9.05. The Morgan fingerprint density at radius 2 is 2.14 bits per heavy atom. The zero-order chi connectivity index (χ0) is 10.1.